The van der Waals surface area contributed by atoms with Crippen LogP contribution in [0.5, 0.6) is 0 Å². The van der Waals surface area contributed by atoms with Crippen LogP contribution >= 0.6 is 0 Å². The van der Waals surface area contributed by atoms with E-state index >= 15 is 0 Å². The molecule has 0 radical (unpaired) electrons. The third-order valence-corrected chi connectivity index (χ3v) is 0.289. The van der Waals surface area contributed by atoms with Crippen molar-refractivity contribution in [2.45, 2.75) is 13.3 Å². The van der Waals surface area contributed by atoms with Gasteiger partial charge in [-0.3, -0.25) is 0 Å². The van der Waals surface area contributed by atoms with E-state index in [1.165, 1.54) is 6.92 Å². The fraction of sp³-hybridized carbons (Fsp3) is 0.500. The van der Waals surface area contributed by atoms with Gasteiger partial charge in [0.1, 0.15) is 0 Å². The summed E-state index contributed by atoms with van der Waals surface area (Å²) < 4.78 is 0. The molecule has 11 heavy (non-hydrogen) atoms. The van der Waals surface area contributed by atoms with Crippen LogP contribution in [0.3, 0.4) is 0 Å². The number of carbonyl (C=O) groups is 2. The Bertz CT molecular complexity index is 103. The van der Waals surface area contributed by atoms with E-state index in [-0.39, 0.29) is 73.7 Å². The van der Waals surface area contributed by atoms with Gasteiger partial charge in [-0.1, -0.05) is 6.92 Å². The number of hydrogen-bond donors (Lipinski definition) is 0. The SMILES string of the molecule is CCC(=O)[O-].O=C([O-])[O-].[Ca+2].[Na+]. The Morgan fingerprint density at radius 1 is 1.18 bits per heavy atom. The minimum Gasteiger partial charge on any atom is -0.652 e. The minimum atomic E-state index is -2.33. The summed E-state index contributed by atoms with van der Waals surface area (Å²) in [7, 11) is 0. The topological polar surface area (TPSA) is 103 Å². The molecule has 0 aromatic carbocycles. The maximum Gasteiger partial charge on any atom is 2.00 e. The molecular formula is C4H5CaNaO5. The molecule has 0 fully saturated rings. The number of carbonyl (C=O) groups excluding carboxylic acids is 2. The molecule has 0 aromatic rings. The molecule has 0 unspecified atom stereocenters. The van der Waals surface area contributed by atoms with Gasteiger partial charge in [0, 0.05) is 5.97 Å². The Hall–Kier alpha value is 1.000. The average molecular weight is 196 g/mol. The number of hydrogen-bond acceptors (Lipinski definition) is 5. The third-order valence-electron chi connectivity index (χ3n) is 0.289. The molecule has 0 amide bonds. The van der Waals surface area contributed by atoms with Crippen molar-refractivity contribution in [2.24, 2.45) is 0 Å². The van der Waals surface area contributed by atoms with Crippen molar-refractivity contribution in [3.8, 4) is 0 Å². The molecular weight excluding hydrogens is 191 g/mol. The summed E-state index contributed by atoms with van der Waals surface area (Å²) in [5, 5.41) is 25.9. The van der Waals surface area contributed by atoms with Crippen LogP contribution in [-0.2, 0) is 4.79 Å². The zero-order chi connectivity index (χ0) is 7.86. The Morgan fingerprint density at radius 3 is 1.27 bits per heavy atom. The first kappa shape index (κ1) is 22.7. The summed E-state index contributed by atoms with van der Waals surface area (Å²) in [6.07, 6.45) is -2.22. The average Bonchev–Trinajstić information content (AvgIpc) is 1.65. The summed E-state index contributed by atoms with van der Waals surface area (Å²) in [6.45, 7) is 1.54. The molecule has 54 valence electrons. The van der Waals surface area contributed by atoms with Crippen LogP contribution in [-0.4, -0.2) is 49.9 Å². The Kier molecular flexibility index (Phi) is 35.4. The molecule has 0 N–H and O–H groups in total. The van der Waals surface area contributed by atoms with Crippen molar-refractivity contribution < 1.29 is 54.5 Å². The van der Waals surface area contributed by atoms with Crippen LogP contribution in [0.1, 0.15) is 13.3 Å². The van der Waals surface area contributed by atoms with Crippen LogP contribution in [0.15, 0.2) is 0 Å². The van der Waals surface area contributed by atoms with Crippen molar-refractivity contribution in [2.75, 3.05) is 0 Å². The number of rotatable bonds is 1. The van der Waals surface area contributed by atoms with Gasteiger partial charge in [-0.2, -0.15) is 0 Å². The van der Waals surface area contributed by atoms with Crippen molar-refractivity contribution in [3.63, 3.8) is 0 Å². The van der Waals surface area contributed by atoms with E-state index in [4.69, 9.17) is 15.0 Å². The maximum absolute atomic E-state index is 9.26. The van der Waals surface area contributed by atoms with E-state index in [1.54, 1.807) is 0 Å². The second-order valence-corrected chi connectivity index (χ2v) is 0.976. The normalized spacial score (nSPS) is 5.55. The summed E-state index contributed by atoms with van der Waals surface area (Å²) in [5.74, 6) is -0.995. The smallest absolute Gasteiger partial charge is 0.652 e. The Morgan fingerprint density at radius 2 is 1.27 bits per heavy atom. The van der Waals surface area contributed by atoms with Gasteiger partial charge in [-0.05, 0) is 12.6 Å². The Labute approximate surface area is 116 Å². The quantitative estimate of drug-likeness (QED) is 0.388. The van der Waals surface area contributed by atoms with E-state index < -0.39 is 12.1 Å². The second-order valence-electron chi connectivity index (χ2n) is 0.976. The first-order chi connectivity index (χ1) is 4.00. The van der Waals surface area contributed by atoms with Gasteiger partial charge in [0.15, 0.2) is 0 Å². The van der Waals surface area contributed by atoms with E-state index in [0.29, 0.717) is 0 Å². The van der Waals surface area contributed by atoms with Gasteiger partial charge in [0.05, 0.1) is 0 Å². The molecule has 0 saturated heterocycles. The summed E-state index contributed by atoms with van der Waals surface area (Å²) >= 11 is 0. The number of carboxylic acid groups (broad SMARTS) is 3. The van der Waals surface area contributed by atoms with Crippen molar-refractivity contribution in [1.29, 1.82) is 0 Å². The molecule has 0 bridgehead atoms. The standard InChI is InChI=1S/C3H6O2.CH2O3.Ca.Na/c1-2-3(4)5;2-1(3)4;;/h2H2,1H3,(H,4,5);(H2,2,3,4);;/q;;+2;+1/p-3. The number of aliphatic carboxylic acids is 1. The molecule has 5 nitrogen and oxygen atoms in total. The molecule has 0 aliphatic rings. The Balaban J connectivity index is -0.0000000383. The van der Waals surface area contributed by atoms with Crippen LogP contribution in [0.25, 0.3) is 0 Å². The molecule has 0 atom stereocenters. The minimum absolute atomic E-state index is 0. The van der Waals surface area contributed by atoms with E-state index in [9.17, 15) is 9.90 Å². The van der Waals surface area contributed by atoms with Crippen LogP contribution < -0.4 is 44.9 Å². The molecule has 0 spiro atoms. The van der Waals surface area contributed by atoms with Crippen molar-refractivity contribution in [3.05, 3.63) is 0 Å². The molecule has 7 heteroatoms. The third kappa shape index (κ3) is 99.0. The monoisotopic (exact) mass is 196 g/mol. The molecule has 0 heterocycles. The van der Waals surface area contributed by atoms with Crippen LogP contribution in [0.4, 0.5) is 4.79 Å². The summed E-state index contributed by atoms with van der Waals surface area (Å²) in [5.41, 5.74) is 0. The fourth-order valence-corrected chi connectivity index (χ4v) is 0. The first-order valence-corrected chi connectivity index (χ1v) is 2.08. The predicted octanol–water partition coefficient (Wildman–Crippen LogP) is -6.68. The van der Waals surface area contributed by atoms with Gasteiger partial charge in [0.2, 0.25) is 0 Å². The molecule has 0 aromatic heterocycles. The van der Waals surface area contributed by atoms with Gasteiger partial charge in [-0.15, -0.1) is 0 Å². The molecule has 0 rings (SSSR count). The zero-order valence-corrected chi connectivity index (χ0v) is 10.7. The van der Waals surface area contributed by atoms with Gasteiger partial charge >= 0.3 is 67.3 Å². The van der Waals surface area contributed by atoms with Crippen molar-refractivity contribution in [1.82, 2.24) is 0 Å². The van der Waals surface area contributed by atoms with Crippen molar-refractivity contribution >= 4 is 49.9 Å². The van der Waals surface area contributed by atoms with E-state index in [0.717, 1.165) is 0 Å². The van der Waals surface area contributed by atoms with Gasteiger partial charge < -0.3 is 24.9 Å². The summed E-state index contributed by atoms with van der Waals surface area (Å²) in [6, 6.07) is 0. The van der Waals surface area contributed by atoms with E-state index in [2.05, 4.69) is 0 Å². The fourth-order valence-electron chi connectivity index (χ4n) is 0. The summed E-state index contributed by atoms with van der Waals surface area (Å²) in [4.78, 5) is 17.6. The van der Waals surface area contributed by atoms with E-state index in [1.807, 2.05) is 0 Å². The van der Waals surface area contributed by atoms with Gasteiger partial charge in [0.25, 0.3) is 0 Å². The predicted molar refractivity (Wildman–Crippen MR) is 26.4 cm³/mol. The van der Waals surface area contributed by atoms with Crippen LogP contribution in [0, 0.1) is 0 Å². The number of carboxylic acids is 1. The van der Waals surface area contributed by atoms with Crippen LogP contribution in [0.2, 0.25) is 0 Å². The second kappa shape index (κ2) is 17.2. The zero-order valence-electron chi connectivity index (χ0n) is 6.46. The molecule has 0 saturated carbocycles. The van der Waals surface area contributed by atoms with Gasteiger partial charge in [-0.25, -0.2) is 0 Å². The first-order valence-electron chi connectivity index (χ1n) is 2.08. The molecule has 0 aliphatic heterocycles. The maximum atomic E-state index is 9.26. The largest absolute Gasteiger partial charge is 2.00 e. The molecule has 0 aliphatic carbocycles.